The molecule has 0 radical (unpaired) electrons. The van der Waals surface area contributed by atoms with E-state index in [-0.39, 0.29) is 23.5 Å². The summed E-state index contributed by atoms with van der Waals surface area (Å²) < 4.78 is 7.27. The van der Waals surface area contributed by atoms with Gasteiger partial charge in [0.25, 0.3) is 5.91 Å². The van der Waals surface area contributed by atoms with E-state index >= 15 is 0 Å². The van der Waals surface area contributed by atoms with Crippen LogP contribution in [0.2, 0.25) is 0 Å². The van der Waals surface area contributed by atoms with Crippen molar-refractivity contribution in [2.24, 2.45) is 7.05 Å². The molecule has 1 aliphatic carbocycles. The van der Waals surface area contributed by atoms with Crippen molar-refractivity contribution in [3.63, 3.8) is 0 Å². The van der Waals surface area contributed by atoms with E-state index in [0.29, 0.717) is 12.2 Å². The predicted octanol–water partition coefficient (Wildman–Crippen LogP) is 1.72. The molecule has 3 atom stereocenters. The van der Waals surface area contributed by atoms with Gasteiger partial charge in [0.1, 0.15) is 5.69 Å². The quantitative estimate of drug-likeness (QED) is 0.731. The number of aliphatic hydroxyl groups is 1. The fourth-order valence-corrected chi connectivity index (χ4v) is 4.92. The molecule has 2 fully saturated rings. The lowest BCUT2D eigenvalue weighted by Gasteiger charge is -2.37. The summed E-state index contributed by atoms with van der Waals surface area (Å²) in [5.41, 5.74) is 1.45. The Labute approximate surface area is 178 Å². The maximum Gasteiger partial charge on any atom is 0.271 e. The average molecular weight is 413 g/mol. The van der Waals surface area contributed by atoms with Gasteiger partial charge in [-0.3, -0.25) is 9.69 Å². The van der Waals surface area contributed by atoms with E-state index in [0.717, 1.165) is 52.0 Å². The van der Waals surface area contributed by atoms with Gasteiger partial charge >= 0.3 is 0 Å². The molecule has 1 saturated heterocycles. The zero-order valence-electron chi connectivity index (χ0n) is 17.7. The molecule has 0 bridgehead atoms. The second-order valence-corrected chi connectivity index (χ2v) is 8.61. The van der Waals surface area contributed by atoms with Crippen LogP contribution in [0.25, 0.3) is 0 Å². The van der Waals surface area contributed by atoms with Crippen molar-refractivity contribution in [1.29, 1.82) is 0 Å². The van der Waals surface area contributed by atoms with E-state index in [1.54, 1.807) is 17.1 Å². The standard InChI is InChI=1S/C23H32N4O3/c1-26-15-19(25-17-26)22(29)24-16-23(18-5-3-2-4-6-18)9-7-20(21(28)8-10-23)27-11-13-30-14-12-27/h2-6,15,17,20-21,28H,7-14,16H2,1H3,(H,24,29)/t20-,21-,23+/m0/s1. The molecule has 1 saturated carbocycles. The summed E-state index contributed by atoms with van der Waals surface area (Å²) in [4.78, 5) is 19.2. The number of amides is 1. The van der Waals surface area contributed by atoms with E-state index in [2.05, 4.69) is 39.5 Å². The number of morpholine rings is 1. The minimum Gasteiger partial charge on any atom is -0.391 e. The molecule has 1 amide bonds. The number of benzene rings is 1. The number of nitrogens with zero attached hydrogens (tertiary/aromatic N) is 3. The molecular formula is C23H32N4O3. The van der Waals surface area contributed by atoms with Crippen molar-refractivity contribution in [3.05, 3.63) is 54.1 Å². The van der Waals surface area contributed by atoms with Crippen molar-refractivity contribution in [2.75, 3.05) is 32.8 Å². The Bertz CT molecular complexity index is 834. The number of ether oxygens (including phenoxy) is 1. The van der Waals surface area contributed by atoms with Gasteiger partial charge in [0.05, 0.1) is 25.6 Å². The molecule has 30 heavy (non-hydrogen) atoms. The normalized spacial score (nSPS) is 28.1. The Kier molecular flexibility index (Phi) is 6.51. The highest BCUT2D eigenvalue weighted by atomic mass is 16.5. The van der Waals surface area contributed by atoms with Gasteiger partial charge < -0.3 is 19.7 Å². The summed E-state index contributed by atoms with van der Waals surface area (Å²) in [6.07, 6.45) is 6.37. The number of aryl methyl sites for hydroxylation is 1. The summed E-state index contributed by atoms with van der Waals surface area (Å²) in [7, 11) is 1.85. The first-order chi connectivity index (χ1) is 14.6. The van der Waals surface area contributed by atoms with Crippen LogP contribution in [0.3, 0.4) is 0 Å². The molecule has 1 aromatic heterocycles. The van der Waals surface area contributed by atoms with E-state index in [4.69, 9.17) is 4.74 Å². The molecule has 1 aliphatic heterocycles. The Morgan fingerprint density at radius 2 is 1.97 bits per heavy atom. The highest BCUT2D eigenvalue weighted by molar-refractivity contribution is 5.92. The smallest absolute Gasteiger partial charge is 0.271 e. The number of hydrogen-bond acceptors (Lipinski definition) is 5. The lowest BCUT2D eigenvalue weighted by molar-refractivity contribution is -0.0236. The Morgan fingerprint density at radius 3 is 2.67 bits per heavy atom. The number of aromatic nitrogens is 2. The van der Waals surface area contributed by atoms with Crippen LogP contribution in [0.5, 0.6) is 0 Å². The third kappa shape index (κ3) is 4.58. The Hall–Kier alpha value is -2.22. The zero-order valence-corrected chi connectivity index (χ0v) is 17.7. The van der Waals surface area contributed by atoms with Crippen LogP contribution >= 0.6 is 0 Å². The van der Waals surface area contributed by atoms with Gasteiger partial charge in [0.2, 0.25) is 0 Å². The second-order valence-electron chi connectivity index (χ2n) is 8.61. The number of nitrogens with one attached hydrogen (secondary N) is 1. The summed E-state index contributed by atoms with van der Waals surface area (Å²) >= 11 is 0. The van der Waals surface area contributed by atoms with Crippen LogP contribution in [0.15, 0.2) is 42.9 Å². The van der Waals surface area contributed by atoms with Gasteiger partial charge in [-0.1, -0.05) is 30.3 Å². The molecule has 0 spiro atoms. The van der Waals surface area contributed by atoms with Gasteiger partial charge in [-0.2, -0.15) is 0 Å². The van der Waals surface area contributed by atoms with Crippen LogP contribution in [-0.4, -0.2) is 70.5 Å². The minimum atomic E-state index is -0.361. The number of carbonyl (C=O) groups is 1. The lowest BCUT2D eigenvalue weighted by Crippen LogP contribution is -2.48. The summed E-state index contributed by atoms with van der Waals surface area (Å²) in [6, 6.07) is 10.6. The first-order valence-corrected chi connectivity index (χ1v) is 10.9. The van der Waals surface area contributed by atoms with E-state index in [1.165, 1.54) is 5.56 Å². The van der Waals surface area contributed by atoms with Crippen molar-refractivity contribution in [2.45, 2.75) is 43.2 Å². The molecule has 2 heterocycles. The van der Waals surface area contributed by atoms with Crippen molar-refractivity contribution >= 4 is 5.91 Å². The first kappa shape index (κ1) is 21.0. The third-order valence-corrected chi connectivity index (χ3v) is 6.71. The topological polar surface area (TPSA) is 79.6 Å². The van der Waals surface area contributed by atoms with Crippen molar-refractivity contribution in [1.82, 2.24) is 19.8 Å². The maximum atomic E-state index is 12.7. The van der Waals surface area contributed by atoms with Crippen LogP contribution in [-0.2, 0) is 17.2 Å². The first-order valence-electron chi connectivity index (χ1n) is 10.9. The third-order valence-electron chi connectivity index (χ3n) is 6.71. The highest BCUT2D eigenvalue weighted by Gasteiger charge is 2.40. The van der Waals surface area contributed by atoms with Crippen molar-refractivity contribution < 1.29 is 14.6 Å². The maximum absolute atomic E-state index is 12.7. The van der Waals surface area contributed by atoms with Crippen LogP contribution < -0.4 is 5.32 Å². The van der Waals surface area contributed by atoms with Crippen LogP contribution in [0.1, 0.15) is 41.7 Å². The van der Waals surface area contributed by atoms with Gasteiger partial charge in [0.15, 0.2) is 0 Å². The summed E-state index contributed by atoms with van der Waals surface area (Å²) in [5, 5.41) is 14.1. The lowest BCUT2D eigenvalue weighted by atomic mass is 9.74. The van der Waals surface area contributed by atoms with Gasteiger partial charge in [-0.15, -0.1) is 0 Å². The monoisotopic (exact) mass is 412 g/mol. The Morgan fingerprint density at radius 1 is 1.23 bits per heavy atom. The second kappa shape index (κ2) is 9.29. The minimum absolute atomic E-state index is 0.144. The molecule has 2 aromatic rings. The van der Waals surface area contributed by atoms with Crippen LogP contribution in [0, 0.1) is 0 Å². The van der Waals surface area contributed by atoms with Crippen LogP contribution in [0.4, 0.5) is 0 Å². The number of rotatable bonds is 5. The molecule has 2 N–H and O–H groups in total. The molecule has 7 nitrogen and oxygen atoms in total. The molecule has 1 aromatic carbocycles. The number of carbonyl (C=O) groups excluding carboxylic acids is 1. The molecule has 4 rings (SSSR count). The number of aliphatic hydroxyl groups excluding tert-OH is 1. The van der Waals surface area contributed by atoms with E-state index in [9.17, 15) is 9.90 Å². The molecule has 2 aliphatic rings. The van der Waals surface area contributed by atoms with E-state index in [1.807, 2.05) is 13.1 Å². The van der Waals surface area contributed by atoms with Gasteiger partial charge in [-0.25, -0.2) is 4.98 Å². The van der Waals surface area contributed by atoms with Gasteiger partial charge in [-0.05, 0) is 31.2 Å². The van der Waals surface area contributed by atoms with E-state index < -0.39 is 0 Å². The molecule has 162 valence electrons. The largest absolute Gasteiger partial charge is 0.391 e. The number of imidazole rings is 1. The predicted molar refractivity (Wildman–Crippen MR) is 114 cm³/mol. The van der Waals surface area contributed by atoms with Gasteiger partial charge in [0, 0.05) is 44.3 Å². The zero-order chi connectivity index (χ0) is 21.0. The fraction of sp³-hybridized carbons (Fsp3) is 0.565. The average Bonchev–Trinajstić information content (AvgIpc) is 3.15. The molecular weight excluding hydrogens is 380 g/mol. The van der Waals surface area contributed by atoms with Crippen molar-refractivity contribution in [3.8, 4) is 0 Å². The highest BCUT2D eigenvalue weighted by Crippen LogP contribution is 2.39. The summed E-state index contributed by atoms with van der Waals surface area (Å²) in [6.45, 7) is 3.74. The SMILES string of the molecule is Cn1cnc(C(=O)NC[C@]2(c3ccccc3)CC[C@H](O)[C@@H](N3CCOCC3)CC2)c1. The summed E-state index contributed by atoms with van der Waals surface area (Å²) in [5.74, 6) is -0.152. The fourth-order valence-electron chi connectivity index (χ4n) is 4.92. The molecule has 7 heteroatoms. The molecule has 0 unspecified atom stereocenters. The number of hydrogen-bond donors (Lipinski definition) is 2. The Balaban J connectivity index is 1.53.